The van der Waals surface area contributed by atoms with Crippen molar-refractivity contribution in [2.24, 2.45) is 0 Å². The van der Waals surface area contributed by atoms with E-state index in [4.69, 9.17) is 0 Å². The molecule has 0 nitrogen and oxygen atoms in total. The van der Waals surface area contributed by atoms with E-state index >= 15 is 0 Å². The number of hydrogen-bond donors (Lipinski definition) is 0. The van der Waals surface area contributed by atoms with Gasteiger partial charge in [0.25, 0.3) is 0 Å². The molecule has 0 atom stereocenters. The molecular weight excluding hydrogens is 288 g/mol. The molecule has 2 rings (SSSR count). The molecule has 24 heavy (non-hydrogen) atoms. The number of fused-ring (bicyclic) bond motifs is 1. The van der Waals surface area contributed by atoms with Crippen LogP contribution in [0.4, 0.5) is 0 Å². The van der Waals surface area contributed by atoms with Gasteiger partial charge in [0.15, 0.2) is 0 Å². The van der Waals surface area contributed by atoms with Crippen LogP contribution in [0.3, 0.4) is 0 Å². The van der Waals surface area contributed by atoms with Crippen molar-refractivity contribution in [2.45, 2.75) is 90.4 Å². The van der Waals surface area contributed by atoms with Crippen LogP contribution in [0.5, 0.6) is 0 Å². The number of aryl methyl sites for hydroxylation is 1. The number of benzene rings is 2. The van der Waals surface area contributed by atoms with E-state index in [9.17, 15) is 0 Å². The van der Waals surface area contributed by atoms with Crippen LogP contribution in [0.1, 0.15) is 89.5 Å². The Kier molecular flexibility index (Phi) is 9.61. The smallest absolute Gasteiger partial charge is 0.0152 e. The molecular formula is C24H36. The molecule has 0 aromatic heterocycles. The maximum atomic E-state index is 2.31. The lowest BCUT2D eigenvalue weighted by Gasteiger charge is -2.06. The molecule has 0 heteroatoms. The third-order valence-electron chi connectivity index (χ3n) is 5.18. The first-order valence-electron chi connectivity index (χ1n) is 10.4. The van der Waals surface area contributed by atoms with Crippen molar-refractivity contribution in [1.82, 2.24) is 0 Å². The van der Waals surface area contributed by atoms with Crippen molar-refractivity contribution in [2.75, 3.05) is 0 Å². The molecule has 0 N–H and O–H groups in total. The van der Waals surface area contributed by atoms with Gasteiger partial charge in [-0.1, -0.05) is 120 Å². The van der Waals surface area contributed by atoms with Crippen LogP contribution in [-0.2, 0) is 6.42 Å². The molecule has 132 valence electrons. The normalized spacial score (nSPS) is 11.2. The predicted molar refractivity (Wildman–Crippen MR) is 109 cm³/mol. The summed E-state index contributed by atoms with van der Waals surface area (Å²) in [6, 6.07) is 15.5. The molecule has 0 spiro atoms. The van der Waals surface area contributed by atoms with Gasteiger partial charge in [0.1, 0.15) is 0 Å². The lowest BCUT2D eigenvalue weighted by molar-refractivity contribution is 0.544. The van der Waals surface area contributed by atoms with E-state index in [1.54, 1.807) is 0 Å². The summed E-state index contributed by atoms with van der Waals surface area (Å²) < 4.78 is 0. The van der Waals surface area contributed by atoms with Gasteiger partial charge in [-0.2, -0.15) is 0 Å². The summed E-state index contributed by atoms with van der Waals surface area (Å²) in [5.41, 5.74) is 1.53. The van der Waals surface area contributed by atoms with Gasteiger partial charge in [0.05, 0.1) is 0 Å². The molecule has 0 aliphatic heterocycles. The molecule has 0 bridgehead atoms. The Hall–Kier alpha value is -1.30. The van der Waals surface area contributed by atoms with Crippen LogP contribution in [-0.4, -0.2) is 0 Å². The summed E-state index contributed by atoms with van der Waals surface area (Å²) in [6.07, 6.45) is 18.3. The first-order valence-corrected chi connectivity index (χ1v) is 10.4. The molecule has 0 fully saturated rings. The van der Waals surface area contributed by atoms with Crippen LogP contribution in [0.25, 0.3) is 10.8 Å². The van der Waals surface area contributed by atoms with E-state index in [1.807, 2.05) is 0 Å². The fourth-order valence-corrected chi connectivity index (χ4v) is 3.67. The SMILES string of the molecule is CCCCCCCCCCCCCCc1cccc2ccccc12. The van der Waals surface area contributed by atoms with Crippen molar-refractivity contribution in [3.63, 3.8) is 0 Å². The molecule has 0 amide bonds. The number of hydrogen-bond acceptors (Lipinski definition) is 0. The zero-order valence-electron chi connectivity index (χ0n) is 15.7. The second-order valence-electron chi connectivity index (χ2n) is 7.28. The Morgan fingerprint density at radius 3 is 1.75 bits per heavy atom. The molecule has 0 saturated carbocycles. The average Bonchev–Trinajstić information content (AvgIpc) is 2.63. The number of rotatable bonds is 13. The highest BCUT2D eigenvalue weighted by molar-refractivity contribution is 5.85. The fraction of sp³-hybridized carbons (Fsp3) is 0.583. The molecule has 0 aliphatic rings. The molecule has 0 saturated heterocycles. The van der Waals surface area contributed by atoms with Gasteiger partial charge in [-0.15, -0.1) is 0 Å². The largest absolute Gasteiger partial charge is 0.0654 e. The highest BCUT2D eigenvalue weighted by Gasteiger charge is 2.00. The van der Waals surface area contributed by atoms with Crippen molar-refractivity contribution < 1.29 is 0 Å². The van der Waals surface area contributed by atoms with Crippen molar-refractivity contribution in [3.8, 4) is 0 Å². The molecule has 0 aliphatic carbocycles. The second-order valence-corrected chi connectivity index (χ2v) is 7.28. The zero-order valence-corrected chi connectivity index (χ0v) is 15.7. The van der Waals surface area contributed by atoms with Gasteiger partial charge in [-0.25, -0.2) is 0 Å². The molecule has 0 radical (unpaired) electrons. The standard InChI is InChI=1S/C24H36/c1-2-3-4-5-6-7-8-9-10-11-12-13-17-22-19-16-20-23-18-14-15-21-24(22)23/h14-16,18-21H,2-13,17H2,1H3. The van der Waals surface area contributed by atoms with E-state index in [2.05, 4.69) is 49.4 Å². The van der Waals surface area contributed by atoms with Crippen molar-refractivity contribution in [1.29, 1.82) is 0 Å². The summed E-state index contributed by atoms with van der Waals surface area (Å²) in [4.78, 5) is 0. The van der Waals surface area contributed by atoms with E-state index in [0.29, 0.717) is 0 Å². The Balaban J connectivity index is 1.49. The summed E-state index contributed by atoms with van der Waals surface area (Å²) in [5.74, 6) is 0. The van der Waals surface area contributed by atoms with Gasteiger partial charge >= 0.3 is 0 Å². The first kappa shape index (κ1) is 19.0. The first-order chi connectivity index (χ1) is 11.9. The highest BCUT2D eigenvalue weighted by Crippen LogP contribution is 2.21. The second kappa shape index (κ2) is 12.1. The minimum absolute atomic E-state index is 1.23. The highest BCUT2D eigenvalue weighted by atomic mass is 14.1. The van der Waals surface area contributed by atoms with Gasteiger partial charge in [0, 0.05) is 0 Å². The maximum absolute atomic E-state index is 2.31. The van der Waals surface area contributed by atoms with Crippen LogP contribution in [0, 0.1) is 0 Å². The van der Waals surface area contributed by atoms with Crippen LogP contribution >= 0.6 is 0 Å². The minimum Gasteiger partial charge on any atom is -0.0654 e. The van der Waals surface area contributed by atoms with Crippen LogP contribution in [0.2, 0.25) is 0 Å². The van der Waals surface area contributed by atoms with E-state index in [1.165, 1.54) is 99.8 Å². The summed E-state index contributed by atoms with van der Waals surface area (Å²) in [6.45, 7) is 2.29. The molecule has 0 unspecified atom stereocenters. The Morgan fingerprint density at radius 1 is 0.542 bits per heavy atom. The van der Waals surface area contributed by atoms with Crippen LogP contribution < -0.4 is 0 Å². The maximum Gasteiger partial charge on any atom is -0.0152 e. The topological polar surface area (TPSA) is 0 Å². The Labute approximate surface area is 149 Å². The third-order valence-corrected chi connectivity index (χ3v) is 5.18. The van der Waals surface area contributed by atoms with E-state index in [0.717, 1.165) is 0 Å². The zero-order chi connectivity index (χ0) is 16.9. The predicted octanol–water partition coefficient (Wildman–Crippen LogP) is 8.08. The monoisotopic (exact) mass is 324 g/mol. The van der Waals surface area contributed by atoms with Gasteiger partial charge in [0.2, 0.25) is 0 Å². The molecule has 2 aromatic carbocycles. The Bertz CT molecular complexity index is 549. The van der Waals surface area contributed by atoms with Crippen molar-refractivity contribution >= 4 is 10.8 Å². The van der Waals surface area contributed by atoms with Crippen molar-refractivity contribution in [3.05, 3.63) is 48.0 Å². The summed E-state index contributed by atoms with van der Waals surface area (Å²) in [5, 5.41) is 2.83. The molecule has 2 aromatic rings. The van der Waals surface area contributed by atoms with E-state index in [-0.39, 0.29) is 0 Å². The lowest BCUT2D eigenvalue weighted by Crippen LogP contribution is -1.88. The summed E-state index contributed by atoms with van der Waals surface area (Å²) in [7, 11) is 0. The minimum atomic E-state index is 1.23. The Morgan fingerprint density at radius 2 is 1.08 bits per heavy atom. The van der Waals surface area contributed by atoms with Gasteiger partial charge in [-0.05, 0) is 29.2 Å². The van der Waals surface area contributed by atoms with Crippen LogP contribution in [0.15, 0.2) is 42.5 Å². The lowest BCUT2D eigenvalue weighted by atomic mass is 9.99. The quantitative estimate of drug-likeness (QED) is 0.327. The summed E-state index contributed by atoms with van der Waals surface area (Å²) >= 11 is 0. The molecule has 0 heterocycles. The number of unbranched alkanes of at least 4 members (excludes halogenated alkanes) is 11. The average molecular weight is 325 g/mol. The fourth-order valence-electron chi connectivity index (χ4n) is 3.67. The van der Waals surface area contributed by atoms with E-state index < -0.39 is 0 Å². The van der Waals surface area contributed by atoms with Gasteiger partial charge in [-0.3, -0.25) is 0 Å². The third kappa shape index (κ3) is 7.07. The van der Waals surface area contributed by atoms with Gasteiger partial charge < -0.3 is 0 Å².